The van der Waals surface area contributed by atoms with Crippen LogP contribution in [-0.4, -0.2) is 12.9 Å². The van der Waals surface area contributed by atoms with E-state index in [2.05, 4.69) is 20.7 Å². The Labute approximate surface area is 94.4 Å². The average molecular weight is 279 g/mol. The maximum Gasteiger partial charge on any atom is 0.387 e. The maximum absolute atomic E-state index is 11.9. The first-order chi connectivity index (χ1) is 7.13. The molecule has 82 valence electrons. The molecule has 15 heavy (non-hydrogen) atoms. The highest BCUT2D eigenvalue weighted by Crippen LogP contribution is 2.27. The van der Waals surface area contributed by atoms with Crippen molar-refractivity contribution in [3.05, 3.63) is 28.2 Å². The molecule has 0 N–H and O–H groups in total. The third-order valence-corrected chi connectivity index (χ3v) is 2.38. The van der Waals surface area contributed by atoms with Crippen molar-refractivity contribution in [1.82, 2.24) is 0 Å². The van der Waals surface area contributed by atoms with Crippen LogP contribution in [0.4, 0.5) is 8.78 Å². The zero-order valence-corrected chi connectivity index (χ0v) is 9.34. The van der Waals surface area contributed by atoms with E-state index in [9.17, 15) is 13.6 Å². The summed E-state index contributed by atoms with van der Waals surface area (Å²) in [6.45, 7) is -2.83. The zero-order chi connectivity index (χ0) is 11.3. The van der Waals surface area contributed by atoms with E-state index in [1.165, 1.54) is 6.07 Å². The molecule has 1 aromatic rings. The fourth-order valence-electron chi connectivity index (χ4n) is 1.12. The van der Waals surface area contributed by atoms with E-state index in [0.29, 0.717) is 17.3 Å². The largest absolute Gasteiger partial charge is 0.434 e. The number of carbonyl (C=O) groups is 1. The van der Waals surface area contributed by atoms with Gasteiger partial charge in [0.1, 0.15) is 12.0 Å². The Bertz CT molecular complexity index is 342. The van der Waals surface area contributed by atoms with Crippen LogP contribution in [0.5, 0.6) is 5.75 Å². The minimum atomic E-state index is -2.83. The van der Waals surface area contributed by atoms with Gasteiger partial charge in [0.25, 0.3) is 0 Å². The van der Waals surface area contributed by atoms with Gasteiger partial charge in [-0.1, -0.05) is 6.07 Å². The number of aryl methyl sites for hydroxylation is 1. The summed E-state index contributed by atoms with van der Waals surface area (Å²) >= 11 is 3.12. The lowest BCUT2D eigenvalue weighted by atomic mass is 10.1. The number of ether oxygens (including phenoxy) is 1. The monoisotopic (exact) mass is 278 g/mol. The number of hydrogen-bond donors (Lipinski definition) is 0. The Balaban J connectivity index is 2.73. The van der Waals surface area contributed by atoms with Gasteiger partial charge in [0.05, 0.1) is 4.47 Å². The number of halogens is 3. The third kappa shape index (κ3) is 3.95. The summed E-state index contributed by atoms with van der Waals surface area (Å²) in [4.78, 5) is 10.1. The van der Waals surface area contributed by atoms with Crippen LogP contribution in [0, 0.1) is 0 Å². The molecule has 2 nitrogen and oxygen atoms in total. The van der Waals surface area contributed by atoms with Crippen LogP contribution in [0.1, 0.15) is 12.0 Å². The topological polar surface area (TPSA) is 26.3 Å². The third-order valence-electron chi connectivity index (χ3n) is 1.76. The SMILES string of the molecule is O=CCCc1ccc(OC(F)F)c(Br)c1. The van der Waals surface area contributed by atoms with Crippen LogP contribution in [0.3, 0.4) is 0 Å². The second-order valence-electron chi connectivity index (χ2n) is 2.85. The molecule has 0 aliphatic heterocycles. The molecule has 0 bridgehead atoms. The Hall–Kier alpha value is -0.970. The van der Waals surface area contributed by atoms with E-state index in [0.717, 1.165) is 11.8 Å². The van der Waals surface area contributed by atoms with E-state index in [-0.39, 0.29) is 5.75 Å². The molecule has 0 radical (unpaired) electrons. The highest BCUT2D eigenvalue weighted by atomic mass is 79.9. The van der Waals surface area contributed by atoms with Gasteiger partial charge in [0, 0.05) is 6.42 Å². The van der Waals surface area contributed by atoms with Crippen molar-refractivity contribution in [2.75, 3.05) is 0 Å². The number of alkyl halides is 2. The molecule has 0 atom stereocenters. The molecule has 0 amide bonds. The molecule has 0 fully saturated rings. The van der Waals surface area contributed by atoms with Crippen molar-refractivity contribution in [3.63, 3.8) is 0 Å². The summed E-state index contributed by atoms with van der Waals surface area (Å²) in [6, 6.07) is 4.78. The Kier molecular flexibility index (Phi) is 4.68. The summed E-state index contributed by atoms with van der Waals surface area (Å²) < 4.78 is 28.5. The van der Waals surface area contributed by atoms with Crippen molar-refractivity contribution in [2.45, 2.75) is 19.5 Å². The van der Waals surface area contributed by atoms with Crippen molar-refractivity contribution in [2.24, 2.45) is 0 Å². The molecule has 0 aliphatic rings. The summed E-state index contributed by atoms with van der Waals surface area (Å²) in [5, 5.41) is 0. The normalized spacial score (nSPS) is 10.4. The highest BCUT2D eigenvalue weighted by Gasteiger charge is 2.08. The standard InChI is InChI=1S/C10H9BrF2O2/c11-8-6-7(2-1-5-14)3-4-9(8)15-10(12)13/h3-6,10H,1-2H2. The lowest BCUT2D eigenvalue weighted by molar-refractivity contribution is -0.107. The highest BCUT2D eigenvalue weighted by molar-refractivity contribution is 9.10. The first-order valence-corrected chi connectivity index (χ1v) is 5.09. The van der Waals surface area contributed by atoms with Crippen molar-refractivity contribution in [3.8, 4) is 5.75 Å². The molecule has 1 aromatic carbocycles. The van der Waals surface area contributed by atoms with Crippen LogP contribution in [0.2, 0.25) is 0 Å². The van der Waals surface area contributed by atoms with Gasteiger partial charge in [-0.05, 0) is 40.0 Å². The number of aldehydes is 1. The van der Waals surface area contributed by atoms with Crippen LogP contribution in [0.25, 0.3) is 0 Å². The predicted molar refractivity (Wildman–Crippen MR) is 55.2 cm³/mol. The Morgan fingerprint density at radius 1 is 1.47 bits per heavy atom. The smallest absolute Gasteiger partial charge is 0.387 e. The second-order valence-corrected chi connectivity index (χ2v) is 3.70. The van der Waals surface area contributed by atoms with Crippen LogP contribution < -0.4 is 4.74 Å². The molecule has 0 aliphatic carbocycles. The van der Waals surface area contributed by atoms with E-state index in [1.807, 2.05) is 0 Å². The van der Waals surface area contributed by atoms with E-state index in [4.69, 9.17) is 0 Å². The first kappa shape index (κ1) is 12.1. The molecule has 5 heteroatoms. The van der Waals surface area contributed by atoms with Gasteiger partial charge in [0.2, 0.25) is 0 Å². The summed E-state index contributed by atoms with van der Waals surface area (Å²) in [6.07, 6.45) is 1.83. The lowest BCUT2D eigenvalue weighted by Gasteiger charge is -2.07. The first-order valence-electron chi connectivity index (χ1n) is 4.30. The van der Waals surface area contributed by atoms with Gasteiger partial charge in [-0.25, -0.2) is 0 Å². The molecular formula is C10H9BrF2O2. The number of benzene rings is 1. The molecule has 0 saturated heterocycles. The molecule has 0 spiro atoms. The quantitative estimate of drug-likeness (QED) is 0.774. The summed E-state index contributed by atoms with van der Waals surface area (Å²) in [7, 11) is 0. The molecular weight excluding hydrogens is 270 g/mol. The van der Waals surface area contributed by atoms with Gasteiger partial charge < -0.3 is 9.53 Å². The minimum absolute atomic E-state index is 0.0971. The van der Waals surface area contributed by atoms with Crippen molar-refractivity contribution in [1.29, 1.82) is 0 Å². The lowest BCUT2D eigenvalue weighted by Crippen LogP contribution is -2.02. The van der Waals surface area contributed by atoms with Gasteiger partial charge in [0.15, 0.2) is 0 Å². The van der Waals surface area contributed by atoms with Gasteiger partial charge in [-0.2, -0.15) is 8.78 Å². The van der Waals surface area contributed by atoms with Crippen LogP contribution in [-0.2, 0) is 11.2 Å². The van der Waals surface area contributed by atoms with Crippen molar-refractivity contribution < 1.29 is 18.3 Å². The van der Waals surface area contributed by atoms with E-state index in [1.54, 1.807) is 12.1 Å². The second kappa shape index (κ2) is 5.80. The molecule has 0 unspecified atom stereocenters. The summed E-state index contributed by atoms with van der Waals surface area (Å²) in [5.74, 6) is 0.0971. The molecule has 0 aromatic heterocycles. The Morgan fingerprint density at radius 2 is 2.20 bits per heavy atom. The van der Waals surface area contributed by atoms with Gasteiger partial charge in [-0.15, -0.1) is 0 Å². The Morgan fingerprint density at radius 3 is 2.73 bits per heavy atom. The maximum atomic E-state index is 11.9. The van der Waals surface area contributed by atoms with E-state index < -0.39 is 6.61 Å². The minimum Gasteiger partial charge on any atom is -0.434 e. The predicted octanol–water partition coefficient (Wildman–Crippen LogP) is 3.18. The van der Waals surface area contributed by atoms with E-state index >= 15 is 0 Å². The fraction of sp³-hybridized carbons (Fsp3) is 0.300. The fourth-order valence-corrected chi connectivity index (χ4v) is 1.64. The molecule has 0 heterocycles. The summed E-state index contributed by atoms with van der Waals surface area (Å²) in [5.41, 5.74) is 0.899. The number of hydrogen-bond acceptors (Lipinski definition) is 2. The van der Waals surface area contributed by atoms with Gasteiger partial charge >= 0.3 is 6.61 Å². The number of carbonyl (C=O) groups excluding carboxylic acids is 1. The van der Waals surface area contributed by atoms with Gasteiger partial charge in [-0.3, -0.25) is 0 Å². The molecule has 0 saturated carbocycles. The van der Waals surface area contributed by atoms with Crippen LogP contribution >= 0.6 is 15.9 Å². The average Bonchev–Trinajstić information content (AvgIpc) is 2.18. The molecule has 1 rings (SSSR count). The van der Waals surface area contributed by atoms with Crippen molar-refractivity contribution >= 4 is 22.2 Å². The van der Waals surface area contributed by atoms with Crippen LogP contribution in [0.15, 0.2) is 22.7 Å². The number of rotatable bonds is 5. The zero-order valence-electron chi connectivity index (χ0n) is 7.75.